The minimum absolute atomic E-state index is 0.0166. The largest absolute Gasteiger partial charge is 0.469 e. The zero-order chi connectivity index (χ0) is 12.6. The molecular formula is C11H17IO5. The zero-order valence-corrected chi connectivity index (χ0v) is 12.3. The van der Waals surface area contributed by atoms with E-state index < -0.39 is 5.79 Å². The van der Waals surface area contributed by atoms with Crippen molar-refractivity contribution in [2.45, 2.75) is 50.5 Å². The lowest BCUT2D eigenvalue weighted by Gasteiger charge is -2.23. The van der Waals surface area contributed by atoms with E-state index in [2.05, 4.69) is 27.3 Å². The number of halogens is 1. The van der Waals surface area contributed by atoms with Crippen LogP contribution in [0.1, 0.15) is 20.3 Å². The molecule has 0 saturated carbocycles. The van der Waals surface area contributed by atoms with Crippen LogP contribution < -0.4 is 0 Å². The first-order valence-electron chi connectivity index (χ1n) is 5.60. The van der Waals surface area contributed by atoms with Crippen molar-refractivity contribution in [2.75, 3.05) is 11.5 Å². The summed E-state index contributed by atoms with van der Waals surface area (Å²) in [5.74, 6) is -0.881. The van der Waals surface area contributed by atoms with Gasteiger partial charge in [0.1, 0.15) is 12.2 Å². The smallest absolute Gasteiger partial charge is 0.308 e. The number of methoxy groups -OCH3 is 1. The molecule has 0 bridgehead atoms. The van der Waals surface area contributed by atoms with E-state index >= 15 is 0 Å². The van der Waals surface area contributed by atoms with Crippen LogP contribution in [0.2, 0.25) is 0 Å². The van der Waals surface area contributed by atoms with Gasteiger partial charge >= 0.3 is 5.97 Å². The molecule has 2 fully saturated rings. The summed E-state index contributed by atoms with van der Waals surface area (Å²) in [7, 11) is 1.38. The lowest BCUT2D eigenvalue weighted by molar-refractivity contribution is -0.187. The van der Waals surface area contributed by atoms with Crippen LogP contribution in [0.4, 0.5) is 0 Å². The third-order valence-corrected chi connectivity index (χ3v) is 3.86. The van der Waals surface area contributed by atoms with Gasteiger partial charge in [0.05, 0.1) is 25.7 Å². The molecule has 0 aromatic heterocycles. The summed E-state index contributed by atoms with van der Waals surface area (Å²) in [6.45, 7) is 3.76. The number of fused-ring (bicyclic) bond motifs is 1. The molecule has 2 aliphatic rings. The summed E-state index contributed by atoms with van der Waals surface area (Å²) < 4.78 is 22.9. The minimum Gasteiger partial charge on any atom is -0.469 e. The Balaban J connectivity index is 2.07. The average molecular weight is 356 g/mol. The van der Waals surface area contributed by atoms with Crippen molar-refractivity contribution in [2.24, 2.45) is 0 Å². The summed E-state index contributed by atoms with van der Waals surface area (Å²) in [5.41, 5.74) is 0. The molecule has 2 heterocycles. The number of esters is 1. The molecule has 0 aromatic carbocycles. The quantitative estimate of drug-likeness (QED) is 0.433. The van der Waals surface area contributed by atoms with Crippen molar-refractivity contribution < 1.29 is 23.7 Å². The van der Waals surface area contributed by atoms with Gasteiger partial charge in [-0.3, -0.25) is 4.79 Å². The predicted molar refractivity (Wildman–Crippen MR) is 68.0 cm³/mol. The molecule has 0 aromatic rings. The van der Waals surface area contributed by atoms with Crippen LogP contribution in [0.5, 0.6) is 0 Å². The third kappa shape index (κ3) is 2.74. The molecule has 2 saturated heterocycles. The summed E-state index contributed by atoms with van der Waals surface area (Å²) in [4.78, 5) is 11.3. The van der Waals surface area contributed by atoms with E-state index in [1.54, 1.807) is 0 Å². The van der Waals surface area contributed by atoms with Gasteiger partial charge in [-0.15, -0.1) is 0 Å². The molecule has 0 aliphatic carbocycles. The molecule has 0 radical (unpaired) electrons. The fourth-order valence-corrected chi connectivity index (χ4v) is 3.02. The highest BCUT2D eigenvalue weighted by atomic mass is 127. The molecule has 0 N–H and O–H groups in total. The molecular weight excluding hydrogens is 339 g/mol. The van der Waals surface area contributed by atoms with Gasteiger partial charge in [0, 0.05) is 4.43 Å². The van der Waals surface area contributed by atoms with Gasteiger partial charge in [-0.2, -0.15) is 0 Å². The van der Waals surface area contributed by atoms with Gasteiger partial charge in [-0.25, -0.2) is 0 Å². The monoisotopic (exact) mass is 356 g/mol. The Hall–Kier alpha value is 0.0800. The first-order chi connectivity index (χ1) is 7.96. The summed E-state index contributed by atoms with van der Waals surface area (Å²) in [5, 5.41) is 0. The Morgan fingerprint density at radius 3 is 2.41 bits per heavy atom. The fraction of sp³-hybridized carbons (Fsp3) is 0.909. The van der Waals surface area contributed by atoms with Gasteiger partial charge in [0.15, 0.2) is 5.79 Å². The van der Waals surface area contributed by atoms with Crippen molar-refractivity contribution in [1.29, 1.82) is 0 Å². The molecule has 4 atom stereocenters. The van der Waals surface area contributed by atoms with Crippen molar-refractivity contribution in [3.05, 3.63) is 0 Å². The second-order valence-corrected chi connectivity index (χ2v) is 5.59. The molecule has 2 rings (SSSR count). The van der Waals surface area contributed by atoms with Crippen molar-refractivity contribution >= 4 is 28.6 Å². The number of carbonyl (C=O) groups excluding carboxylic acids is 1. The number of hydrogen-bond acceptors (Lipinski definition) is 5. The molecule has 0 spiro atoms. The lowest BCUT2D eigenvalue weighted by Crippen LogP contribution is -2.31. The molecule has 2 aliphatic heterocycles. The van der Waals surface area contributed by atoms with Gasteiger partial charge in [-0.1, -0.05) is 22.6 Å². The van der Waals surface area contributed by atoms with Crippen LogP contribution >= 0.6 is 22.6 Å². The summed E-state index contributed by atoms with van der Waals surface area (Å²) >= 11 is 2.25. The maximum absolute atomic E-state index is 11.3. The topological polar surface area (TPSA) is 54.0 Å². The Bertz CT molecular complexity index is 306. The van der Waals surface area contributed by atoms with E-state index in [0.717, 1.165) is 4.43 Å². The van der Waals surface area contributed by atoms with Crippen LogP contribution in [0, 0.1) is 0 Å². The zero-order valence-electron chi connectivity index (χ0n) is 10.1. The average Bonchev–Trinajstić information content (AvgIpc) is 2.73. The van der Waals surface area contributed by atoms with Crippen LogP contribution in [-0.4, -0.2) is 47.7 Å². The molecule has 5 nitrogen and oxygen atoms in total. The summed E-state index contributed by atoms with van der Waals surface area (Å²) in [6.07, 6.45) is -0.337. The Labute approximate surface area is 114 Å². The van der Waals surface area contributed by atoms with E-state index in [4.69, 9.17) is 14.2 Å². The van der Waals surface area contributed by atoms with E-state index in [0.29, 0.717) is 0 Å². The minimum atomic E-state index is -0.600. The van der Waals surface area contributed by atoms with Crippen LogP contribution in [0.15, 0.2) is 0 Å². The van der Waals surface area contributed by atoms with E-state index in [1.165, 1.54) is 7.11 Å². The summed E-state index contributed by atoms with van der Waals surface area (Å²) in [6, 6.07) is 0. The van der Waals surface area contributed by atoms with Gasteiger partial charge < -0.3 is 18.9 Å². The molecule has 0 amide bonds. The Kier molecular flexibility index (Phi) is 3.96. The van der Waals surface area contributed by atoms with Crippen molar-refractivity contribution in [1.82, 2.24) is 0 Å². The van der Waals surface area contributed by atoms with Crippen LogP contribution in [-0.2, 0) is 23.7 Å². The van der Waals surface area contributed by atoms with E-state index in [1.807, 2.05) is 13.8 Å². The maximum Gasteiger partial charge on any atom is 0.308 e. The highest BCUT2D eigenvalue weighted by molar-refractivity contribution is 14.1. The predicted octanol–water partition coefficient (Wildman–Crippen LogP) is 1.27. The van der Waals surface area contributed by atoms with Gasteiger partial charge in [0.25, 0.3) is 0 Å². The number of hydrogen-bond donors (Lipinski definition) is 0. The molecule has 98 valence electrons. The number of alkyl halides is 1. The highest BCUT2D eigenvalue weighted by Gasteiger charge is 2.55. The molecule has 0 unspecified atom stereocenters. The van der Waals surface area contributed by atoms with Crippen LogP contribution in [0.25, 0.3) is 0 Å². The fourth-order valence-electron chi connectivity index (χ4n) is 2.31. The second kappa shape index (κ2) is 4.99. The van der Waals surface area contributed by atoms with E-state index in [-0.39, 0.29) is 36.8 Å². The van der Waals surface area contributed by atoms with Gasteiger partial charge in [0.2, 0.25) is 0 Å². The lowest BCUT2D eigenvalue weighted by atomic mass is 10.1. The number of rotatable bonds is 3. The SMILES string of the molecule is COC(=O)C[C@H]1O[C@H](CI)[C@H]2OC(C)(C)O[C@H]21. The van der Waals surface area contributed by atoms with Gasteiger partial charge in [-0.05, 0) is 13.8 Å². The molecule has 17 heavy (non-hydrogen) atoms. The second-order valence-electron chi connectivity index (χ2n) is 4.71. The number of ether oxygens (including phenoxy) is 4. The maximum atomic E-state index is 11.3. The number of carbonyl (C=O) groups is 1. The first kappa shape index (κ1) is 13.5. The van der Waals surface area contributed by atoms with E-state index in [9.17, 15) is 4.79 Å². The standard InChI is InChI=1S/C11H17IO5/c1-11(2)16-9-6(4-8(13)14-3)15-7(5-12)10(9)17-11/h6-7,9-10H,4-5H2,1-3H3/t6-,7-,9+,10-/m1/s1. The molecule has 6 heteroatoms. The van der Waals surface area contributed by atoms with Crippen molar-refractivity contribution in [3.8, 4) is 0 Å². The Morgan fingerprint density at radius 1 is 1.29 bits per heavy atom. The third-order valence-electron chi connectivity index (χ3n) is 2.99. The Morgan fingerprint density at radius 2 is 1.88 bits per heavy atom. The van der Waals surface area contributed by atoms with Crippen LogP contribution in [0.3, 0.4) is 0 Å². The highest BCUT2D eigenvalue weighted by Crippen LogP contribution is 2.40. The normalized spacial score (nSPS) is 39.1. The first-order valence-corrected chi connectivity index (χ1v) is 7.13. The van der Waals surface area contributed by atoms with Crippen molar-refractivity contribution in [3.63, 3.8) is 0 Å².